The topological polar surface area (TPSA) is 69.6 Å². The Morgan fingerprint density at radius 3 is 1.08 bits per heavy atom. The molecule has 2 atom stereocenters. The summed E-state index contributed by atoms with van der Waals surface area (Å²) in [5.41, 5.74) is 0. The van der Waals surface area contributed by atoms with Crippen LogP contribution in [0.3, 0.4) is 0 Å². The quantitative estimate of drug-likeness (QED) is 0.0422. The number of unbranched alkanes of at least 4 members (excludes halogenated alkanes) is 33. The zero-order valence-corrected chi connectivity index (χ0v) is 40.2. The van der Waals surface area contributed by atoms with Gasteiger partial charge in [0.25, 0.3) is 0 Å². The minimum absolute atomic E-state index is 0.0733. The Bertz CT molecular complexity index is 996. The Morgan fingerprint density at radius 2 is 0.700 bits per heavy atom. The van der Waals surface area contributed by atoms with Crippen molar-refractivity contribution in [3.63, 3.8) is 0 Å². The van der Waals surface area contributed by atoms with Crippen molar-refractivity contribution in [2.24, 2.45) is 0 Å². The lowest BCUT2D eigenvalue weighted by Gasteiger charge is -2.19. The van der Waals surface area contributed by atoms with E-state index in [1.54, 1.807) is 6.08 Å². The second-order valence-electron chi connectivity index (χ2n) is 17.9. The van der Waals surface area contributed by atoms with Crippen LogP contribution in [0.4, 0.5) is 0 Å². The average Bonchev–Trinajstić information content (AvgIpc) is 3.25. The Balaban J connectivity index is 3.42. The predicted molar refractivity (Wildman–Crippen MR) is 267 cm³/mol. The van der Waals surface area contributed by atoms with Gasteiger partial charge in [-0.1, -0.05) is 254 Å². The molecule has 0 aliphatic rings. The molecule has 0 saturated heterocycles. The van der Waals surface area contributed by atoms with Crippen LogP contribution in [-0.4, -0.2) is 34.9 Å². The van der Waals surface area contributed by atoms with E-state index in [0.717, 1.165) is 44.9 Å². The maximum Gasteiger partial charge on any atom is 0.220 e. The van der Waals surface area contributed by atoms with Gasteiger partial charge in [-0.15, -0.1) is 0 Å². The van der Waals surface area contributed by atoms with Gasteiger partial charge in [0.15, 0.2) is 0 Å². The van der Waals surface area contributed by atoms with Gasteiger partial charge in [0.05, 0.1) is 18.8 Å². The highest BCUT2D eigenvalue weighted by Crippen LogP contribution is 2.16. The van der Waals surface area contributed by atoms with E-state index in [1.807, 2.05) is 6.08 Å². The molecule has 2 unspecified atom stereocenters. The Kier molecular flexibility index (Phi) is 49.8. The van der Waals surface area contributed by atoms with Crippen molar-refractivity contribution in [1.29, 1.82) is 0 Å². The molecular formula is C56H103NO3. The summed E-state index contributed by atoms with van der Waals surface area (Å²) in [7, 11) is 0. The van der Waals surface area contributed by atoms with E-state index in [4.69, 9.17) is 0 Å². The lowest BCUT2D eigenvalue weighted by molar-refractivity contribution is -0.123. The molecule has 0 heterocycles. The summed E-state index contributed by atoms with van der Waals surface area (Å²) in [6.45, 7) is 4.26. The second-order valence-corrected chi connectivity index (χ2v) is 17.9. The molecule has 60 heavy (non-hydrogen) atoms. The summed E-state index contributed by atoms with van der Waals surface area (Å²) in [6, 6.07) is -0.637. The number of aliphatic hydroxyl groups excluding tert-OH is 2. The molecule has 4 nitrogen and oxygen atoms in total. The fraction of sp³-hybridized carbons (Fsp3) is 0.804. The van der Waals surface area contributed by atoms with E-state index in [9.17, 15) is 15.0 Å². The van der Waals surface area contributed by atoms with Crippen LogP contribution >= 0.6 is 0 Å². The van der Waals surface area contributed by atoms with Crippen molar-refractivity contribution >= 4 is 5.91 Å². The molecule has 0 aromatic heterocycles. The number of hydrogen-bond donors (Lipinski definition) is 3. The molecular weight excluding hydrogens is 735 g/mol. The van der Waals surface area contributed by atoms with E-state index in [2.05, 4.69) is 67.8 Å². The molecule has 0 spiro atoms. The van der Waals surface area contributed by atoms with Crippen LogP contribution in [0.15, 0.2) is 60.8 Å². The van der Waals surface area contributed by atoms with Gasteiger partial charge in [-0.2, -0.15) is 0 Å². The van der Waals surface area contributed by atoms with Crippen molar-refractivity contribution in [3.8, 4) is 0 Å². The number of allylic oxidation sites excluding steroid dienone is 9. The molecule has 0 aromatic rings. The Labute approximate surface area is 375 Å². The normalized spacial score (nSPS) is 13.3. The second kappa shape index (κ2) is 51.4. The number of amides is 1. The monoisotopic (exact) mass is 838 g/mol. The zero-order valence-electron chi connectivity index (χ0n) is 40.2. The van der Waals surface area contributed by atoms with Gasteiger partial charge in [-0.05, 0) is 70.6 Å². The van der Waals surface area contributed by atoms with Crippen LogP contribution in [-0.2, 0) is 4.79 Å². The summed E-state index contributed by atoms with van der Waals surface area (Å²) in [5.74, 6) is -0.0733. The maximum atomic E-state index is 12.4. The lowest BCUT2D eigenvalue weighted by atomic mass is 10.0. The number of rotatable bonds is 48. The van der Waals surface area contributed by atoms with Crippen molar-refractivity contribution in [2.75, 3.05) is 6.61 Å². The zero-order chi connectivity index (χ0) is 43.5. The number of nitrogens with one attached hydrogen (secondary N) is 1. The molecule has 4 heteroatoms. The number of aliphatic hydroxyl groups is 2. The van der Waals surface area contributed by atoms with E-state index in [0.29, 0.717) is 6.42 Å². The molecule has 0 saturated carbocycles. The first kappa shape index (κ1) is 58.1. The molecule has 3 N–H and O–H groups in total. The molecule has 0 aliphatic heterocycles. The van der Waals surface area contributed by atoms with Crippen LogP contribution in [0, 0.1) is 0 Å². The summed E-state index contributed by atoms with van der Waals surface area (Å²) >= 11 is 0. The summed E-state index contributed by atoms with van der Waals surface area (Å²) < 4.78 is 0. The number of carbonyl (C=O) groups is 1. The van der Waals surface area contributed by atoms with Crippen molar-refractivity contribution < 1.29 is 15.0 Å². The largest absolute Gasteiger partial charge is 0.394 e. The van der Waals surface area contributed by atoms with Gasteiger partial charge < -0.3 is 15.5 Å². The van der Waals surface area contributed by atoms with Gasteiger partial charge in [-0.3, -0.25) is 4.79 Å². The van der Waals surface area contributed by atoms with Gasteiger partial charge in [0, 0.05) is 6.42 Å². The van der Waals surface area contributed by atoms with Crippen molar-refractivity contribution in [1.82, 2.24) is 5.32 Å². The molecule has 0 aromatic carbocycles. The van der Waals surface area contributed by atoms with Gasteiger partial charge in [0.2, 0.25) is 5.91 Å². The fourth-order valence-electron chi connectivity index (χ4n) is 7.91. The first-order valence-corrected chi connectivity index (χ1v) is 26.5. The fourth-order valence-corrected chi connectivity index (χ4v) is 7.91. The third-order valence-corrected chi connectivity index (χ3v) is 12.0. The highest BCUT2D eigenvalue weighted by molar-refractivity contribution is 5.76. The van der Waals surface area contributed by atoms with Gasteiger partial charge >= 0.3 is 0 Å². The van der Waals surface area contributed by atoms with Crippen LogP contribution in [0.1, 0.15) is 271 Å². The molecule has 0 bridgehead atoms. The van der Waals surface area contributed by atoms with Gasteiger partial charge in [0.1, 0.15) is 0 Å². The standard InChI is InChI=1S/C56H103NO3/c1-3-5-7-9-11-13-15-16-17-18-19-20-21-22-23-24-25-26-27-28-29-30-31-32-33-34-35-36-37-38-39-40-42-44-46-48-50-52-56(60)57-54(53-58)55(59)51-49-47-45-43-41-14-12-10-8-6-4-2/h15-16,18-19,21-22,41,43,49,51,54-55,58-59H,3-14,17,20,23-40,42,44-48,50,52-53H2,1-2H3,(H,57,60)/b16-15-,19-18-,22-21-,43-41+,51-49+. The van der Waals surface area contributed by atoms with Crippen LogP contribution in [0.5, 0.6) is 0 Å². The Morgan fingerprint density at radius 1 is 0.400 bits per heavy atom. The van der Waals surface area contributed by atoms with Crippen LogP contribution in [0.25, 0.3) is 0 Å². The third-order valence-electron chi connectivity index (χ3n) is 12.0. The number of carbonyl (C=O) groups excluding carboxylic acids is 1. The first-order chi connectivity index (χ1) is 29.7. The van der Waals surface area contributed by atoms with E-state index in [1.165, 1.54) is 205 Å². The molecule has 0 fully saturated rings. The minimum atomic E-state index is -0.860. The SMILES string of the molecule is CCCCCCC/C=C\C/C=C\C/C=C\CCCCCCCCCCCCCCCCCCCCCCCCC(=O)NC(CO)C(O)/C=C/CC/C=C/CCCCCCC. The average molecular weight is 838 g/mol. The van der Waals surface area contributed by atoms with Crippen LogP contribution in [0.2, 0.25) is 0 Å². The van der Waals surface area contributed by atoms with E-state index >= 15 is 0 Å². The highest BCUT2D eigenvalue weighted by Gasteiger charge is 2.17. The van der Waals surface area contributed by atoms with Crippen molar-refractivity contribution in [3.05, 3.63) is 60.8 Å². The highest BCUT2D eigenvalue weighted by atomic mass is 16.3. The molecule has 0 aliphatic carbocycles. The molecule has 350 valence electrons. The first-order valence-electron chi connectivity index (χ1n) is 26.5. The maximum absolute atomic E-state index is 12.4. The predicted octanol–water partition coefficient (Wildman–Crippen LogP) is 17.2. The van der Waals surface area contributed by atoms with E-state index < -0.39 is 12.1 Å². The molecule has 0 radical (unpaired) electrons. The summed E-state index contributed by atoms with van der Waals surface area (Å²) in [5, 5.41) is 23.0. The molecule has 1 amide bonds. The summed E-state index contributed by atoms with van der Waals surface area (Å²) in [4.78, 5) is 12.4. The van der Waals surface area contributed by atoms with Gasteiger partial charge in [-0.25, -0.2) is 0 Å². The number of hydrogen-bond acceptors (Lipinski definition) is 3. The molecule has 0 rings (SSSR count). The third kappa shape index (κ3) is 47.1. The minimum Gasteiger partial charge on any atom is -0.394 e. The smallest absolute Gasteiger partial charge is 0.220 e. The van der Waals surface area contributed by atoms with Crippen molar-refractivity contribution in [2.45, 2.75) is 283 Å². The van der Waals surface area contributed by atoms with Crippen LogP contribution < -0.4 is 5.32 Å². The Hall–Kier alpha value is -1.91. The summed E-state index contributed by atoms with van der Waals surface area (Å²) in [6.07, 6.45) is 72.4. The van der Waals surface area contributed by atoms with E-state index in [-0.39, 0.29) is 12.5 Å². The lowest BCUT2D eigenvalue weighted by Crippen LogP contribution is -2.45.